The molecule has 5 nitrogen and oxygen atoms in total. The molecule has 2 N–H and O–H groups in total. The monoisotopic (exact) mass is 283 g/mol. The fraction of sp³-hybridized carbons (Fsp3) is 0.250. The van der Waals surface area contributed by atoms with E-state index in [1.165, 1.54) is 12.1 Å². The third kappa shape index (κ3) is 3.62. The number of aromatic nitrogens is 2. The van der Waals surface area contributed by atoms with Crippen molar-refractivity contribution in [2.45, 2.75) is 18.2 Å². The van der Waals surface area contributed by atoms with Crippen LogP contribution in [0.4, 0.5) is 4.39 Å². The van der Waals surface area contributed by atoms with E-state index in [-0.39, 0.29) is 11.4 Å². The predicted octanol–water partition coefficient (Wildman–Crippen LogP) is 1.38. The van der Waals surface area contributed by atoms with Crippen LogP contribution < -0.4 is 4.72 Å². The zero-order valence-electron chi connectivity index (χ0n) is 10.4. The first-order chi connectivity index (χ1) is 8.97. The highest BCUT2D eigenvalue weighted by Gasteiger charge is 2.13. The lowest BCUT2D eigenvalue weighted by Gasteiger charge is -2.05. The Bertz CT molecular complexity index is 650. The van der Waals surface area contributed by atoms with E-state index in [0.717, 1.165) is 23.7 Å². The molecule has 1 aromatic carbocycles. The molecule has 0 radical (unpaired) electrons. The summed E-state index contributed by atoms with van der Waals surface area (Å²) in [5.41, 5.74) is 0.860. The number of aromatic amines is 1. The lowest BCUT2D eigenvalue weighted by molar-refractivity contribution is 0.580. The quantitative estimate of drug-likeness (QED) is 0.870. The first kappa shape index (κ1) is 13.7. The van der Waals surface area contributed by atoms with Crippen LogP contribution in [0.1, 0.15) is 11.5 Å². The highest BCUT2D eigenvalue weighted by molar-refractivity contribution is 7.89. The number of halogens is 1. The molecule has 0 aliphatic rings. The summed E-state index contributed by atoms with van der Waals surface area (Å²) in [7, 11) is -3.59. The molecular formula is C12H14FN3O2S. The van der Waals surface area contributed by atoms with Crippen LogP contribution in [-0.2, 0) is 16.4 Å². The number of aryl methyl sites for hydroxylation is 1. The van der Waals surface area contributed by atoms with Crippen molar-refractivity contribution in [3.63, 3.8) is 0 Å². The molecule has 1 aromatic heterocycles. The predicted molar refractivity (Wildman–Crippen MR) is 68.6 cm³/mol. The Labute approximate surface area is 110 Å². The summed E-state index contributed by atoms with van der Waals surface area (Å²) in [5.74, 6) is 0.322. The van der Waals surface area contributed by atoms with Crippen LogP contribution in [-0.4, -0.2) is 24.9 Å². The van der Waals surface area contributed by atoms with E-state index in [2.05, 4.69) is 14.7 Å². The third-order valence-corrected chi connectivity index (χ3v) is 4.04. The van der Waals surface area contributed by atoms with Crippen molar-refractivity contribution in [2.75, 3.05) is 6.54 Å². The van der Waals surface area contributed by atoms with Crippen molar-refractivity contribution < 1.29 is 12.8 Å². The maximum Gasteiger partial charge on any atom is 0.240 e. The van der Waals surface area contributed by atoms with Gasteiger partial charge in [0, 0.05) is 24.9 Å². The molecule has 0 atom stereocenters. The van der Waals surface area contributed by atoms with Crippen molar-refractivity contribution in [3.8, 4) is 0 Å². The molecule has 0 aliphatic heterocycles. The molecule has 19 heavy (non-hydrogen) atoms. The zero-order valence-corrected chi connectivity index (χ0v) is 11.2. The van der Waals surface area contributed by atoms with Gasteiger partial charge in [-0.05, 0) is 31.2 Å². The number of nitrogens with zero attached hydrogens (tertiary/aromatic N) is 1. The molecule has 2 aromatic rings. The van der Waals surface area contributed by atoms with Crippen molar-refractivity contribution in [1.29, 1.82) is 0 Å². The first-order valence-corrected chi connectivity index (χ1v) is 7.21. The normalized spacial score (nSPS) is 11.7. The Kier molecular flexibility index (Phi) is 3.96. The van der Waals surface area contributed by atoms with Gasteiger partial charge in [-0.2, -0.15) is 0 Å². The van der Waals surface area contributed by atoms with E-state index in [0.29, 0.717) is 6.42 Å². The number of rotatable bonds is 5. The van der Waals surface area contributed by atoms with E-state index < -0.39 is 15.8 Å². The summed E-state index contributed by atoms with van der Waals surface area (Å²) >= 11 is 0. The smallest absolute Gasteiger partial charge is 0.240 e. The number of imidazole rings is 1. The minimum Gasteiger partial charge on any atom is -0.346 e. The Morgan fingerprint density at radius 3 is 2.58 bits per heavy atom. The van der Waals surface area contributed by atoms with Gasteiger partial charge in [0.2, 0.25) is 10.0 Å². The van der Waals surface area contributed by atoms with Crippen molar-refractivity contribution >= 4 is 10.0 Å². The van der Waals surface area contributed by atoms with E-state index >= 15 is 0 Å². The molecule has 0 saturated heterocycles. The maximum absolute atomic E-state index is 12.7. The molecule has 0 amide bonds. The van der Waals surface area contributed by atoms with Crippen LogP contribution in [0.25, 0.3) is 0 Å². The van der Waals surface area contributed by atoms with Crippen LogP contribution in [0.5, 0.6) is 0 Å². The zero-order chi connectivity index (χ0) is 13.9. The number of H-pyrrole nitrogens is 1. The number of hydrogen-bond acceptors (Lipinski definition) is 3. The molecule has 7 heteroatoms. The van der Waals surface area contributed by atoms with Gasteiger partial charge in [0.15, 0.2) is 0 Å². The third-order valence-electron chi connectivity index (χ3n) is 2.57. The van der Waals surface area contributed by atoms with Gasteiger partial charge in [-0.3, -0.25) is 0 Å². The highest BCUT2D eigenvalue weighted by atomic mass is 32.2. The SMILES string of the molecule is Cc1ncc(CCNS(=O)(=O)c2ccc(F)cc2)[nH]1. The maximum atomic E-state index is 12.7. The van der Waals surface area contributed by atoms with Gasteiger partial charge < -0.3 is 4.98 Å². The first-order valence-electron chi connectivity index (χ1n) is 5.73. The molecule has 102 valence electrons. The second kappa shape index (κ2) is 5.50. The average Bonchev–Trinajstić information content (AvgIpc) is 2.75. The molecular weight excluding hydrogens is 269 g/mol. The number of benzene rings is 1. The number of nitrogens with one attached hydrogen (secondary N) is 2. The fourth-order valence-electron chi connectivity index (χ4n) is 1.62. The molecule has 0 unspecified atom stereocenters. The second-order valence-electron chi connectivity index (χ2n) is 4.10. The topological polar surface area (TPSA) is 74.8 Å². The molecule has 0 aliphatic carbocycles. The Hall–Kier alpha value is -1.73. The van der Waals surface area contributed by atoms with Crippen LogP contribution in [0.15, 0.2) is 35.4 Å². The van der Waals surface area contributed by atoms with Gasteiger partial charge in [-0.15, -0.1) is 0 Å². The van der Waals surface area contributed by atoms with Crippen LogP contribution >= 0.6 is 0 Å². The largest absolute Gasteiger partial charge is 0.346 e. The summed E-state index contributed by atoms with van der Waals surface area (Å²) < 4.78 is 38.9. The van der Waals surface area contributed by atoms with Gasteiger partial charge in [-0.1, -0.05) is 0 Å². The van der Waals surface area contributed by atoms with Gasteiger partial charge in [0.1, 0.15) is 11.6 Å². The minimum atomic E-state index is -3.59. The molecule has 0 spiro atoms. The van der Waals surface area contributed by atoms with E-state index in [1.54, 1.807) is 6.20 Å². The van der Waals surface area contributed by atoms with Crippen LogP contribution in [0, 0.1) is 12.7 Å². The lowest BCUT2D eigenvalue weighted by atomic mass is 10.3. The van der Waals surface area contributed by atoms with Gasteiger partial charge in [-0.25, -0.2) is 22.5 Å². The van der Waals surface area contributed by atoms with Crippen molar-refractivity contribution in [1.82, 2.24) is 14.7 Å². The van der Waals surface area contributed by atoms with Gasteiger partial charge in [0.05, 0.1) is 4.90 Å². The summed E-state index contributed by atoms with van der Waals surface area (Å²) in [4.78, 5) is 7.09. The molecule has 1 heterocycles. The number of sulfonamides is 1. The minimum absolute atomic E-state index is 0.0506. The molecule has 0 fully saturated rings. The fourth-order valence-corrected chi connectivity index (χ4v) is 2.65. The Morgan fingerprint density at radius 1 is 1.32 bits per heavy atom. The van der Waals surface area contributed by atoms with Crippen LogP contribution in [0.3, 0.4) is 0 Å². The van der Waals surface area contributed by atoms with Gasteiger partial charge >= 0.3 is 0 Å². The number of hydrogen-bond donors (Lipinski definition) is 2. The van der Waals surface area contributed by atoms with Gasteiger partial charge in [0.25, 0.3) is 0 Å². The standard InChI is InChI=1S/C12H14FN3O2S/c1-9-14-8-11(16-9)6-7-15-19(17,18)12-4-2-10(13)3-5-12/h2-5,8,15H,6-7H2,1H3,(H,14,16). The second-order valence-corrected chi connectivity index (χ2v) is 5.86. The Morgan fingerprint density at radius 2 is 2.00 bits per heavy atom. The lowest BCUT2D eigenvalue weighted by Crippen LogP contribution is -2.26. The molecule has 0 bridgehead atoms. The summed E-state index contributed by atoms with van der Waals surface area (Å²) in [6.45, 7) is 2.08. The Balaban J connectivity index is 1.96. The molecule has 2 rings (SSSR count). The summed E-state index contributed by atoms with van der Waals surface area (Å²) in [6.07, 6.45) is 2.18. The van der Waals surface area contributed by atoms with E-state index in [4.69, 9.17) is 0 Å². The van der Waals surface area contributed by atoms with Crippen LogP contribution in [0.2, 0.25) is 0 Å². The highest BCUT2D eigenvalue weighted by Crippen LogP contribution is 2.09. The summed E-state index contributed by atoms with van der Waals surface area (Å²) in [5, 5.41) is 0. The van der Waals surface area contributed by atoms with Crippen molar-refractivity contribution in [3.05, 3.63) is 47.8 Å². The van der Waals surface area contributed by atoms with Crippen molar-refractivity contribution in [2.24, 2.45) is 0 Å². The van der Waals surface area contributed by atoms with E-state index in [9.17, 15) is 12.8 Å². The molecule has 0 saturated carbocycles. The average molecular weight is 283 g/mol. The van der Waals surface area contributed by atoms with E-state index in [1.807, 2.05) is 6.92 Å². The summed E-state index contributed by atoms with van der Waals surface area (Å²) in [6, 6.07) is 4.70.